The van der Waals surface area contributed by atoms with Crippen LogP contribution in [0.5, 0.6) is 0 Å². The lowest BCUT2D eigenvalue weighted by molar-refractivity contribution is -0.137. The lowest BCUT2D eigenvalue weighted by Crippen LogP contribution is -2.35. The first-order valence-electron chi connectivity index (χ1n) is 12.1. The number of benzene rings is 3. The van der Waals surface area contributed by atoms with Crippen LogP contribution in [0.2, 0.25) is 0 Å². The molecule has 5 rings (SSSR count). The molecular weight excluding hydrogens is 486 g/mol. The number of carbonyl (C=O) groups is 3. The first kappa shape index (κ1) is 24.8. The summed E-state index contributed by atoms with van der Waals surface area (Å²) in [5, 5.41) is 15.6. The molecule has 9 heteroatoms. The van der Waals surface area contributed by atoms with Gasteiger partial charge in [-0.15, -0.1) is 0 Å². The highest BCUT2D eigenvalue weighted by atomic mass is 16.5. The highest BCUT2D eigenvalue weighted by Gasteiger charge is 2.29. The van der Waals surface area contributed by atoms with Gasteiger partial charge in [-0.3, -0.25) is 9.59 Å². The minimum Gasteiger partial charge on any atom is -0.480 e. The van der Waals surface area contributed by atoms with Gasteiger partial charge in [-0.05, 0) is 27.8 Å². The molecule has 9 nitrogen and oxygen atoms in total. The number of rotatable bonds is 9. The summed E-state index contributed by atoms with van der Waals surface area (Å²) in [6, 6.07) is 26.6. The molecule has 0 fully saturated rings. The standard InChI is InChI=1S/C29H25N3O6/c33-27(34)17-32(16-19-8-2-1-3-9-19)28(35)26-14-20(38-31-26)15-30-29(36)37-18-25-23-12-6-4-10-21(23)22-11-5-7-13-24(22)25/h1-14,25H,15-18H2,(H,30,36)(H,33,34). The van der Waals surface area contributed by atoms with Crippen LogP contribution < -0.4 is 5.32 Å². The molecule has 0 saturated carbocycles. The number of ether oxygens (including phenoxy) is 1. The van der Waals surface area contributed by atoms with E-state index in [0.717, 1.165) is 32.7 Å². The Labute approximate surface area is 218 Å². The Bertz CT molecular complexity index is 1420. The summed E-state index contributed by atoms with van der Waals surface area (Å²) in [4.78, 5) is 37.8. The number of amides is 2. The number of nitrogens with zero attached hydrogens (tertiary/aromatic N) is 2. The number of alkyl carbamates (subject to hydrolysis) is 1. The predicted molar refractivity (Wildman–Crippen MR) is 137 cm³/mol. The van der Waals surface area contributed by atoms with Crippen LogP contribution in [0.15, 0.2) is 89.5 Å². The fourth-order valence-electron chi connectivity index (χ4n) is 4.63. The zero-order chi connectivity index (χ0) is 26.5. The van der Waals surface area contributed by atoms with Crippen LogP contribution in [0.1, 0.15) is 38.9 Å². The van der Waals surface area contributed by atoms with Crippen molar-refractivity contribution >= 4 is 18.0 Å². The van der Waals surface area contributed by atoms with Crippen molar-refractivity contribution in [2.75, 3.05) is 13.2 Å². The van der Waals surface area contributed by atoms with E-state index in [4.69, 9.17) is 9.26 Å². The largest absolute Gasteiger partial charge is 0.480 e. The smallest absolute Gasteiger partial charge is 0.407 e. The van der Waals surface area contributed by atoms with Crippen molar-refractivity contribution in [3.05, 3.63) is 113 Å². The fraction of sp³-hybridized carbons (Fsp3) is 0.172. The molecule has 1 aliphatic carbocycles. The van der Waals surface area contributed by atoms with Crippen molar-refractivity contribution in [2.45, 2.75) is 19.0 Å². The van der Waals surface area contributed by atoms with E-state index in [1.54, 1.807) is 12.1 Å². The zero-order valence-corrected chi connectivity index (χ0v) is 20.4. The highest BCUT2D eigenvalue weighted by molar-refractivity contribution is 5.94. The first-order valence-corrected chi connectivity index (χ1v) is 12.1. The number of carbonyl (C=O) groups excluding carboxylic acids is 2. The number of hydrogen-bond donors (Lipinski definition) is 2. The third kappa shape index (κ3) is 5.41. The third-order valence-electron chi connectivity index (χ3n) is 6.36. The van der Waals surface area contributed by atoms with Crippen molar-refractivity contribution in [1.82, 2.24) is 15.4 Å². The summed E-state index contributed by atoms with van der Waals surface area (Å²) in [6.07, 6.45) is -0.632. The Hall–Kier alpha value is -4.92. The van der Waals surface area contributed by atoms with Crippen LogP contribution in [0.4, 0.5) is 4.79 Å². The van der Waals surface area contributed by atoms with Crippen LogP contribution in [0, 0.1) is 0 Å². The Balaban J connectivity index is 1.18. The van der Waals surface area contributed by atoms with Gasteiger partial charge in [0.05, 0.1) is 6.54 Å². The van der Waals surface area contributed by atoms with Crippen LogP contribution in [-0.4, -0.2) is 46.3 Å². The normalized spacial score (nSPS) is 11.9. The van der Waals surface area contributed by atoms with Gasteiger partial charge in [-0.1, -0.05) is 84.0 Å². The number of aliphatic carboxylic acids is 1. The molecule has 0 bridgehead atoms. The summed E-state index contributed by atoms with van der Waals surface area (Å²) in [7, 11) is 0. The molecule has 1 heterocycles. The van der Waals surface area contributed by atoms with Gasteiger partial charge >= 0.3 is 12.1 Å². The van der Waals surface area contributed by atoms with Crippen molar-refractivity contribution < 1.29 is 28.8 Å². The van der Waals surface area contributed by atoms with Gasteiger partial charge in [0, 0.05) is 18.5 Å². The van der Waals surface area contributed by atoms with Gasteiger partial charge in [0.15, 0.2) is 11.5 Å². The number of nitrogens with one attached hydrogen (secondary N) is 1. The van der Waals surface area contributed by atoms with E-state index in [2.05, 4.69) is 22.6 Å². The van der Waals surface area contributed by atoms with Crippen LogP contribution in [0.25, 0.3) is 11.1 Å². The van der Waals surface area contributed by atoms with Crippen LogP contribution >= 0.6 is 0 Å². The molecule has 1 aromatic heterocycles. The Morgan fingerprint density at radius 2 is 1.55 bits per heavy atom. The molecule has 192 valence electrons. The van der Waals surface area contributed by atoms with Gasteiger partial charge in [0.25, 0.3) is 5.91 Å². The molecule has 0 aliphatic heterocycles. The van der Waals surface area contributed by atoms with Gasteiger partial charge < -0.3 is 24.6 Å². The summed E-state index contributed by atoms with van der Waals surface area (Å²) >= 11 is 0. The monoisotopic (exact) mass is 511 g/mol. The zero-order valence-electron chi connectivity index (χ0n) is 20.4. The van der Waals surface area contributed by atoms with E-state index in [9.17, 15) is 19.5 Å². The fourth-order valence-corrected chi connectivity index (χ4v) is 4.63. The second-order valence-corrected chi connectivity index (χ2v) is 8.90. The topological polar surface area (TPSA) is 122 Å². The second-order valence-electron chi connectivity index (χ2n) is 8.90. The lowest BCUT2D eigenvalue weighted by atomic mass is 9.98. The van der Waals surface area contributed by atoms with Crippen molar-refractivity contribution in [2.24, 2.45) is 0 Å². The maximum Gasteiger partial charge on any atom is 0.407 e. The minimum atomic E-state index is -1.14. The maximum absolute atomic E-state index is 12.9. The molecule has 0 spiro atoms. The Morgan fingerprint density at radius 1 is 0.921 bits per heavy atom. The lowest BCUT2D eigenvalue weighted by Gasteiger charge is -2.19. The predicted octanol–water partition coefficient (Wildman–Crippen LogP) is 4.44. The van der Waals surface area contributed by atoms with E-state index in [1.807, 2.05) is 54.6 Å². The maximum atomic E-state index is 12.9. The number of aromatic nitrogens is 1. The Morgan fingerprint density at radius 3 is 2.21 bits per heavy atom. The van der Waals surface area contributed by atoms with E-state index in [0.29, 0.717) is 0 Å². The van der Waals surface area contributed by atoms with E-state index in [1.165, 1.54) is 6.07 Å². The van der Waals surface area contributed by atoms with E-state index >= 15 is 0 Å². The first-order chi connectivity index (χ1) is 18.5. The Kier molecular flexibility index (Phi) is 7.17. The molecule has 3 aromatic carbocycles. The van der Waals surface area contributed by atoms with E-state index < -0.39 is 24.5 Å². The number of hydrogen-bond acceptors (Lipinski definition) is 6. The van der Waals surface area contributed by atoms with Crippen molar-refractivity contribution in [1.29, 1.82) is 0 Å². The van der Waals surface area contributed by atoms with Gasteiger partial charge in [-0.2, -0.15) is 0 Å². The van der Waals surface area contributed by atoms with Gasteiger partial charge in [0.1, 0.15) is 13.2 Å². The molecule has 4 aromatic rings. The molecule has 0 atom stereocenters. The SMILES string of the molecule is O=C(O)CN(Cc1ccccc1)C(=O)c1cc(CNC(=O)OCC2c3ccccc3-c3ccccc32)on1. The molecule has 2 N–H and O–H groups in total. The molecule has 0 saturated heterocycles. The number of carboxylic acids is 1. The average molecular weight is 512 g/mol. The van der Waals surface area contributed by atoms with Crippen molar-refractivity contribution in [3.8, 4) is 11.1 Å². The van der Waals surface area contributed by atoms with Gasteiger partial charge in [0.2, 0.25) is 0 Å². The molecule has 2 amide bonds. The quantitative estimate of drug-likeness (QED) is 0.341. The summed E-state index contributed by atoms with van der Waals surface area (Å²) in [5.41, 5.74) is 5.23. The molecule has 0 unspecified atom stereocenters. The molecule has 0 radical (unpaired) electrons. The van der Waals surface area contributed by atoms with Crippen LogP contribution in [-0.2, 0) is 22.6 Å². The second kappa shape index (κ2) is 11.0. The van der Waals surface area contributed by atoms with Gasteiger partial charge in [-0.25, -0.2) is 4.79 Å². The number of fused-ring (bicyclic) bond motifs is 3. The highest BCUT2D eigenvalue weighted by Crippen LogP contribution is 2.44. The molecule has 1 aliphatic rings. The minimum absolute atomic E-state index is 0.0471. The average Bonchev–Trinajstić information content (AvgIpc) is 3.53. The third-order valence-corrected chi connectivity index (χ3v) is 6.36. The molecule has 38 heavy (non-hydrogen) atoms. The summed E-state index contributed by atoms with van der Waals surface area (Å²) in [5.74, 6) is -1.56. The van der Waals surface area contributed by atoms with E-state index in [-0.39, 0.29) is 37.1 Å². The van der Waals surface area contributed by atoms with Crippen molar-refractivity contribution in [3.63, 3.8) is 0 Å². The summed E-state index contributed by atoms with van der Waals surface area (Å²) < 4.78 is 10.7. The number of carboxylic acid groups (broad SMARTS) is 1. The summed E-state index contributed by atoms with van der Waals surface area (Å²) in [6.45, 7) is -0.266. The van der Waals surface area contributed by atoms with Crippen LogP contribution in [0.3, 0.4) is 0 Å². The molecular formula is C29H25N3O6.